The standard InChI is InChI=1S/C14H14ClF3O3S/c1-8-6-12(22(20,21)9-4-2-3-5-9)11(14(16,17)18)7-10(8)13(15)19/h6-7,9H,2-5H2,1H3. The minimum atomic E-state index is -4.88. The third-order valence-electron chi connectivity index (χ3n) is 3.89. The summed E-state index contributed by atoms with van der Waals surface area (Å²) in [6.45, 7) is 1.36. The molecule has 1 aromatic carbocycles. The van der Waals surface area contributed by atoms with Crippen LogP contribution in [0, 0.1) is 6.92 Å². The molecule has 0 aromatic heterocycles. The predicted molar refractivity (Wildman–Crippen MR) is 75.8 cm³/mol. The predicted octanol–water partition coefficient (Wildman–Crippen LogP) is 4.11. The third-order valence-corrected chi connectivity index (χ3v) is 6.39. The fraction of sp³-hybridized carbons (Fsp3) is 0.500. The molecule has 0 unspecified atom stereocenters. The second-order valence-electron chi connectivity index (χ2n) is 5.39. The fourth-order valence-electron chi connectivity index (χ4n) is 2.73. The van der Waals surface area contributed by atoms with Crippen molar-refractivity contribution in [1.82, 2.24) is 0 Å². The lowest BCUT2D eigenvalue weighted by Gasteiger charge is -2.18. The average molecular weight is 355 g/mol. The van der Waals surface area contributed by atoms with Crippen molar-refractivity contribution in [2.24, 2.45) is 0 Å². The minimum Gasteiger partial charge on any atom is -0.276 e. The van der Waals surface area contributed by atoms with Crippen molar-refractivity contribution in [1.29, 1.82) is 0 Å². The van der Waals surface area contributed by atoms with Crippen molar-refractivity contribution in [2.75, 3.05) is 0 Å². The number of aryl methyl sites for hydroxylation is 1. The lowest BCUT2D eigenvalue weighted by molar-refractivity contribution is -0.139. The molecule has 0 radical (unpaired) electrons. The van der Waals surface area contributed by atoms with E-state index in [0.717, 1.165) is 6.07 Å². The van der Waals surface area contributed by atoms with E-state index in [1.54, 1.807) is 0 Å². The number of rotatable bonds is 3. The van der Waals surface area contributed by atoms with Gasteiger partial charge in [0.2, 0.25) is 0 Å². The number of alkyl halides is 3. The zero-order chi connectivity index (χ0) is 16.7. The van der Waals surface area contributed by atoms with Crippen LogP contribution in [0.3, 0.4) is 0 Å². The van der Waals surface area contributed by atoms with E-state index >= 15 is 0 Å². The van der Waals surface area contributed by atoms with E-state index in [9.17, 15) is 26.4 Å². The quantitative estimate of drug-likeness (QED) is 0.767. The van der Waals surface area contributed by atoms with Gasteiger partial charge in [-0.3, -0.25) is 4.79 Å². The molecule has 0 atom stereocenters. The molecule has 0 heterocycles. The molecule has 0 bridgehead atoms. The van der Waals surface area contributed by atoms with E-state index in [2.05, 4.69) is 0 Å². The Morgan fingerprint density at radius 1 is 1.23 bits per heavy atom. The summed E-state index contributed by atoms with van der Waals surface area (Å²) in [6.07, 6.45) is -2.80. The van der Waals surface area contributed by atoms with Crippen molar-refractivity contribution < 1.29 is 26.4 Å². The average Bonchev–Trinajstić information content (AvgIpc) is 2.90. The van der Waals surface area contributed by atoms with E-state index in [4.69, 9.17) is 11.6 Å². The number of hydrogen-bond acceptors (Lipinski definition) is 3. The van der Waals surface area contributed by atoms with Gasteiger partial charge in [-0.1, -0.05) is 12.8 Å². The molecule has 122 valence electrons. The van der Waals surface area contributed by atoms with Gasteiger partial charge in [0.15, 0.2) is 9.84 Å². The monoisotopic (exact) mass is 354 g/mol. The lowest BCUT2D eigenvalue weighted by Crippen LogP contribution is -2.23. The lowest BCUT2D eigenvalue weighted by atomic mass is 10.1. The van der Waals surface area contributed by atoms with E-state index < -0.39 is 37.0 Å². The molecule has 1 saturated carbocycles. The summed E-state index contributed by atoms with van der Waals surface area (Å²) in [5.41, 5.74) is -1.54. The Labute approximate surface area is 131 Å². The molecule has 22 heavy (non-hydrogen) atoms. The van der Waals surface area contributed by atoms with Crippen LogP contribution in [0.15, 0.2) is 17.0 Å². The molecule has 1 aliphatic rings. The first-order valence-corrected chi connectivity index (χ1v) is 8.63. The van der Waals surface area contributed by atoms with Gasteiger partial charge < -0.3 is 0 Å². The molecule has 0 aliphatic heterocycles. The van der Waals surface area contributed by atoms with Crippen LogP contribution in [0.1, 0.15) is 47.2 Å². The van der Waals surface area contributed by atoms with Crippen LogP contribution < -0.4 is 0 Å². The van der Waals surface area contributed by atoms with Crippen molar-refractivity contribution in [3.63, 3.8) is 0 Å². The summed E-state index contributed by atoms with van der Waals surface area (Å²) in [5.74, 6) is 0. The van der Waals surface area contributed by atoms with Gasteiger partial charge in [-0.05, 0) is 49.1 Å². The first-order valence-electron chi connectivity index (χ1n) is 6.70. The van der Waals surface area contributed by atoms with Crippen LogP contribution in [0.5, 0.6) is 0 Å². The first kappa shape index (κ1) is 17.3. The number of halogens is 4. The Balaban J connectivity index is 2.69. The molecule has 0 N–H and O–H groups in total. The number of sulfone groups is 1. The Morgan fingerprint density at radius 3 is 2.23 bits per heavy atom. The van der Waals surface area contributed by atoms with Crippen LogP contribution in [-0.4, -0.2) is 18.9 Å². The fourth-order valence-corrected chi connectivity index (χ4v) is 5.07. The molecule has 3 nitrogen and oxygen atoms in total. The van der Waals surface area contributed by atoms with Gasteiger partial charge in [0.1, 0.15) is 0 Å². The van der Waals surface area contributed by atoms with Crippen LogP contribution in [0.25, 0.3) is 0 Å². The summed E-state index contributed by atoms with van der Waals surface area (Å²) in [5, 5.41) is -1.85. The van der Waals surface area contributed by atoms with E-state index in [-0.39, 0.29) is 11.1 Å². The Hall–Kier alpha value is -1.08. The molecule has 1 aromatic rings. The highest BCUT2D eigenvalue weighted by atomic mass is 35.5. The third kappa shape index (κ3) is 3.15. The maximum Gasteiger partial charge on any atom is 0.417 e. The summed E-state index contributed by atoms with van der Waals surface area (Å²) >= 11 is 5.27. The van der Waals surface area contributed by atoms with E-state index in [0.29, 0.717) is 31.7 Å². The van der Waals surface area contributed by atoms with Crippen LogP contribution in [-0.2, 0) is 16.0 Å². The maximum atomic E-state index is 13.2. The Morgan fingerprint density at radius 2 is 1.77 bits per heavy atom. The second kappa shape index (κ2) is 5.85. The van der Waals surface area contributed by atoms with Gasteiger partial charge in [0.05, 0.1) is 15.7 Å². The Kier molecular flexibility index (Phi) is 4.59. The molecule has 2 rings (SSSR count). The highest BCUT2D eigenvalue weighted by Gasteiger charge is 2.41. The molecule has 0 spiro atoms. The van der Waals surface area contributed by atoms with E-state index in [1.165, 1.54) is 6.92 Å². The van der Waals surface area contributed by atoms with Crippen molar-refractivity contribution in [3.05, 3.63) is 28.8 Å². The summed E-state index contributed by atoms with van der Waals surface area (Å²) in [7, 11) is -4.09. The van der Waals surface area contributed by atoms with Gasteiger partial charge in [0.25, 0.3) is 5.24 Å². The smallest absolute Gasteiger partial charge is 0.276 e. The molecule has 0 saturated heterocycles. The molecule has 8 heteroatoms. The second-order valence-corrected chi connectivity index (χ2v) is 7.93. The van der Waals surface area contributed by atoms with Gasteiger partial charge in [-0.2, -0.15) is 13.2 Å². The number of carbonyl (C=O) groups is 1. The van der Waals surface area contributed by atoms with Crippen molar-refractivity contribution >= 4 is 26.7 Å². The van der Waals surface area contributed by atoms with Crippen molar-refractivity contribution in [3.8, 4) is 0 Å². The maximum absolute atomic E-state index is 13.2. The number of benzene rings is 1. The van der Waals surface area contributed by atoms with Gasteiger partial charge >= 0.3 is 6.18 Å². The summed E-state index contributed by atoms with van der Waals surface area (Å²) in [4.78, 5) is 10.5. The highest BCUT2D eigenvalue weighted by molar-refractivity contribution is 7.92. The molecular formula is C14H14ClF3O3S. The molecule has 1 aliphatic carbocycles. The van der Waals surface area contributed by atoms with Crippen LogP contribution in [0.2, 0.25) is 0 Å². The Bertz CT molecular complexity index is 705. The van der Waals surface area contributed by atoms with Gasteiger partial charge in [-0.25, -0.2) is 8.42 Å². The molecule has 1 fully saturated rings. The minimum absolute atomic E-state index is 0.115. The normalized spacial score (nSPS) is 17.0. The number of carbonyl (C=O) groups excluding carboxylic acids is 1. The molecule has 0 amide bonds. The van der Waals surface area contributed by atoms with Crippen LogP contribution >= 0.6 is 11.6 Å². The van der Waals surface area contributed by atoms with Gasteiger partial charge in [-0.15, -0.1) is 0 Å². The van der Waals surface area contributed by atoms with Gasteiger partial charge in [0, 0.05) is 5.56 Å². The first-order chi connectivity index (χ1) is 10.0. The van der Waals surface area contributed by atoms with Crippen LogP contribution in [0.4, 0.5) is 13.2 Å². The molecular weight excluding hydrogens is 341 g/mol. The van der Waals surface area contributed by atoms with Crippen molar-refractivity contribution in [2.45, 2.75) is 48.9 Å². The summed E-state index contributed by atoms with van der Waals surface area (Å²) in [6, 6.07) is 1.44. The topological polar surface area (TPSA) is 51.2 Å². The largest absolute Gasteiger partial charge is 0.417 e. The van der Waals surface area contributed by atoms with E-state index in [1.807, 2.05) is 0 Å². The summed E-state index contributed by atoms with van der Waals surface area (Å²) < 4.78 is 64.7. The zero-order valence-electron chi connectivity index (χ0n) is 11.7. The number of hydrogen-bond donors (Lipinski definition) is 0. The zero-order valence-corrected chi connectivity index (χ0v) is 13.3. The SMILES string of the molecule is Cc1cc(S(=O)(=O)C2CCCC2)c(C(F)(F)F)cc1C(=O)Cl. The highest BCUT2D eigenvalue weighted by Crippen LogP contribution is 2.39.